The number of aromatic nitrogens is 2. The maximum Gasteiger partial charge on any atom is 0.261 e. The largest absolute Gasteiger partial charge is 0.493 e. The summed E-state index contributed by atoms with van der Waals surface area (Å²) in [6.45, 7) is 0.964. The number of fused-ring (bicyclic) bond motifs is 1. The smallest absolute Gasteiger partial charge is 0.261 e. The highest BCUT2D eigenvalue weighted by atomic mass is 16.5. The predicted molar refractivity (Wildman–Crippen MR) is 102 cm³/mol. The number of amides is 1. The molecule has 9 heteroatoms. The highest BCUT2D eigenvalue weighted by Crippen LogP contribution is 2.30. The van der Waals surface area contributed by atoms with Crippen molar-refractivity contribution in [1.29, 1.82) is 0 Å². The second kappa shape index (κ2) is 8.15. The molecule has 0 unspecified atom stereocenters. The van der Waals surface area contributed by atoms with Crippen LogP contribution in [-0.2, 0) is 16.1 Å². The SMILES string of the molecule is COCC(=O)N1CCC(O)(Cn2cnc3cc(OC)c(OC)cc3c2=O)CC1. The first kappa shape index (κ1) is 20.1. The summed E-state index contributed by atoms with van der Waals surface area (Å²) in [4.78, 5) is 30.8. The molecule has 3 rings (SSSR count). The molecule has 152 valence electrons. The quantitative estimate of drug-likeness (QED) is 0.761. The molecule has 0 spiro atoms. The average molecular weight is 391 g/mol. The second-order valence-electron chi connectivity index (χ2n) is 6.94. The van der Waals surface area contributed by atoms with Crippen LogP contribution < -0.4 is 15.0 Å². The van der Waals surface area contributed by atoms with Crippen molar-refractivity contribution in [3.63, 3.8) is 0 Å². The first-order valence-corrected chi connectivity index (χ1v) is 9.01. The molecule has 0 saturated carbocycles. The zero-order valence-corrected chi connectivity index (χ0v) is 16.3. The normalized spacial score (nSPS) is 16.2. The first-order valence-electron chi connectivity index (χ1n) is 9.01. The van der Waals surface area contributed by atoms with Crippen molar-refractivity contribution in [2.75, 3.05) is 41.0 Å². The minimum absolute atomic E-state index is 0.0256. The Morgan fingerprint density at radius 2 is 1.82 bits per heavy atom. The zero-order chi connectivity index (χ0) is 20.3. The van der Waals surface area contributed by atoms with Gasteiger partial charge in [-0.05, 0) is 18.9 Å². The lowest BCUT2D eigenvalue weighted by molar-refractivity contribution is -0.139. The van der Waals surface area contributed by atoms with Crippen LogP contribution in [0.4, 0.5) is 0 Å². The lowest BCUT2D eigenvalue weighted by Gasteiger charge is -2.38. The number of aliphatic hydroxyl groups is 1. The molecule has 9 nitrogen and oxygen atoms in total. The molecule has 1 fully saturated rings. The molecule has 1 amide bonds. The van der Waals surface area contributed by atoms with E-state index >= 15 is 0 Å². The van der Waals surface area contributed by atoms with E-state index < -0.39 is 5.60 Å². The molecule has 2 aromatic rings. The fourth-order valence-electron chi connectivity index (χ4n) is 3.46. The third-order valence-electron chi connectivity index (χ3n) is 5.11. The molecule has 2 heterocycles. The van der Waals surface area contributed by atoms with E-state index in [0.29, 0.717) is 48.3 Å². The van der Waals surface area contributed by atoms with Gasteiger partial charge in [-0.15, -0.1) is 0 Å². The first-order chi connectivity index (χ1) is 13.4. The standard InChI is InChI=1S/C19H25N3O6/c1-26-10-17(23)21-6-4-19(25,5-7-21)11-22-12-20-14-9-16(28-3)15(27-2)8-13(14)18(22)24/h8-9,12,25H,4-7,10-11H2,1-3H3. The summed E-state index contributed by atoms with van der Waals surface area (Å²) < 4.78 is 16.8. The third-order valence-corrected chi connectivity index (χ3v) is 5.11. The van der Waals surface area contributed by atoms with Crippen molar-refractivity contribution in [1.82, 2.24) is 14.5 Å². The van der Waals surface area contributed by atoms with E-state index in [-0.39, 0.29) is 24.6 Å². The Hall–Kier alpha value is -2.65. The Morgan fingerprint density at radius 1 is 1.18 bits per heavy atom. The van der Waals surface area contributed by atoms with Crippen molar-refractivity contribution in [3.8, 4) is 11.5 Å². The average Bonchev–Trinajstić information content (AvgIpc) is 2.70. The van der Waals surface area contributed by atoms with Gasteiger partial charge in [-0.1, -0.05) is 0 Å². The highest BCUT2D eigenvalue weighted by molar-refractivity contribution is 5.81. The van der Waals surface area contributed by atoms with E-state index in [1.807, 2.05) is 0 Å². The number of ether oxygens (including phenoxy) is 3. The lowest BCUT2D eigenvalue weighted by atomic mass is 9.91. The van der Waals surface area contributed by atoms with Gasteiger partial charge in [0, 0.05) is 26.3 Å². The van der Waals surface area contributed by atoms with E-state index in [0.717, 1.165) is 0 Å². The molecule has 1 aliphatic heterocycles. The molecule has 1 aromatic carbocycles. The van der Waals surface area contributed by atoms with Crippen molar-refractivity contribution < 1.29 is 24.1 Å². The van der Waals surface area contributed by atoms with Crippen LogP contribution in [0.1, 0.15) is 12.8 Å². The topological polar surface area (TPSA) is 103 Å². The van der Waals surface area contributed by atoms with E-state index in [2.05, 4.69) is 4.98 Å². The van der Waals surface area contributed by atoms with Crippen molar-refractivity contribution in [3.05, 3.63) is 28.8 Å². The zero-order valence-electron chi connectivity index (χ0n) is 16.3. The molecule has 28 heavy (non-hydrogen) atoms. The van der Waals surface area contributed by atoms with Gasteiger partial charge in [0.1, 0.15) is 6.61 Å². The number of piperidine rings is 1. The lowest BCUT2D eigenvalue weighted by Crippen LogP contribution is -2.50. The van der Waals surface area contributed by atoms with Crippen molar-refractivity contribution in [2.45, 2.75) is 25.0 Å². The van der Waals surface area contributed by atoms with Gasteiger partial charge >= 0.3 is 0 Å². The summed E-state index contributed by atoms with van der Waals surface area (Å²) >= 11 is 0. The predicted octanol–water partition coefficient (Wildman–Crippen LogP) is 0.414. The second-order valence-corrected chi connectivity index (χ2v) is 6.94. The summed E-state index contributed by atoms with van der Waals surface area (Å²) in [5.74, 6) is 0.830. The van der Waals surface area contributed by atoms with Crippen molar-refractivity contribution in [2.24, 2.45) is 0 Å². The maximum atomic E-state index is 12.9. The molecule has 1 saturated heterocycles. The fraction of sp³-hybridized carbons (Fsp3) is 0.526. The van der Waals surface area contributed by atoms with Crippen LogP contribution in [0.3, 0.4) is 0 Å². The molecule has 0 aliphatic carbocycles. The van der Waals surface area contributed by atoms with Gasteiger partial charge in [0.2, 0.25) is 5.91 Å². The van der Waals surface area contributed by atoms with Gasteiger partial charge in [-0.3, -0.25) is 14.2 Å². The minimum atomic E-state index is -1.08. The Balaban J connectivity index is 1.82. The van der Waals surface area contributed by atoms with Gasteiger partial charge in [0.15, 0.2) is 11.5 Å². The summed E-state index contributed by atoms with van der Waals surface area (Å²) in [5, 5.41) is 11.3. The summed E-state index contributed by atoms with van der Waals surface area (Å²) in [7, 11) is 4.49. The Kier molecular flexibility index (Phi) is 5.85. The molecule has 1 aromatic heterocycles. The highest BCUT2D eigenvalue weighted by Gasteiger charge is 2.34. The number of likely N-dealkylation sites (tertiary alicyclic amines) is 1. The van der Waals surface area contributed by atoms with Crippen molar-refractivity contribution >= 4 is 16.8 Å². The van der Waals surface area contributed by atoms with Crippen LogP contribution >= 0.6 is 0 Å². The number of nitrogens with zero attached hydrogens (tertiary/aromatic N) is 3. The van der Waals surface area contributed by atoms with Crippen LogP contribution in [0, 0.1) is 0 Å². The number of rotatable bonds is 6. The molecule has 0 bridgehead atoms. The molecule has 1 N–H and O–H groups in total. The number of hydrogen-bond donors (Lipinski definition) is 1. The molecule has 0 atom stereocenters. The third kappa shape index (κ3) is 3.95. The molecular formula is C19H25N3O6. The molecular weight excluding hydrogens is 366 g/mol. The van der Waals surface area contributed by atoms with E-state index in [1.165, 1.54) is 32.2 Å². The van der Waals surface area contributed by atoms with Crippen LogP contribution in [0.2, 0.25) is 0 Å². The summed E-state index contributed by atoms with van der Waals surface area (Å²) in [6, 6.07) is 3.24. The van der Waals surface area contributed by atoms with Gasteiger partial charge in [0.25, 0.3) is 5.56 Å². The Morgan fingerprint density at radius 3 is 2.43 bits per heavy atom. The Labute approximate surface area is 162 Å². The van der Waals surface area contributed by atoms with E-state index in [1.54, 1.807) is 17.0 Å². The van der Waals surface area contributed by atoms with E-state index in [4.69, 9.17) is 14.2 Å². The van der Waals surface area contributed by atoms with Crippen LogP contribution in [0.5, 0.6) is 11.5 Å². The van der Waals surface area contributed by atoms with Crippen LogP contribution in [-0.4, -0.2) is 72.1 Å². The number of methoxy groups -OCH3 is 3. The summed E-state index contributed by atoms with van der Waals surface area (Å²) in [5.41, 5.74) is -0.859. The van der Waals surface area contributed by atoms with Gasteiger partial charge in [-0.2, -0.15) is 0 Å². The van der Waals surface area contributed by atoms with Crippen LogP contribution in [0.15, 0.2) is 23.3 Å². The van der Waals surface area contributed by atoms with Gasteiger partial charge < -0.3 is 24.2 Å². The minimum Gasteiger partial charge on any atom is -0.493 e. The monoisotopic (exact) mass is 391 g/mol. The number of benzene rings is 1. The molecule has 0 radical (unpaired) electrons. The van der Waals surface area contributed by atoms with Gasteiger partial charge in [0.05, 0.1) is 43.6 Å². The molecule has 1 aliphatic rings. The number of carbonyl (C=O) groups is 1. The van der Waals surface area contributed by atoms with Gasteiger partial charge in [-0.25, -0.2) is 4.98 Å². The van der Waals surface area contributed by atoms with Crippen LogP contribution in [0.25, 0.3) is 10.9 Å². The number of hydrogen-bond acceptors (Lipinski definition) is 7. The van der Waals surface area contributed by atoms with E-state index in [9.17, 15) is 14.7 Å². The fourth-order valence-corrected chi connectivity index (χ4v) is 3.46. The maximum absolute atomic E-state index is 12.9. The summed E-state index contributed by atoms with van der Waals surface area (Å²) in [6.07, 6.45) is 2.18. The number of carbonyl (C=O) groups excluding carboxylic acids is 1. The Bertz CT molecular complexity index is 918.